The highest BCUT2D eigenvalue weighted by Crippen LogP contribution is 2.30. The predicted octanol–water partition coefficient (Wildman–Crippen LogP) is 2.84. The maximum absolute atomic E-state index is 12.7. The van der Waals surface area contributed by atoms with Gasteiger partial charge in [-0.2, -0.15) is 18.3 Å². The summed E-state index contributed by atoms with van der Waals surface area (Å²) in [5, 5.41) is 12.9. The highest BCUT2D eigenvalue weighted by Gasteiger charge is 2.34. The van der Waals surface area contributed by atoms with Gasteiger partial charge in [0.05, 0.1) is 6.04 Å². The average molecular weight is 340 g/mol. The lowest BCUT2D eigenvalue weighted by molar-refractivity contribution is -0.141. The van der Waals surface area contributed by atoms with Crippen molar-refractivity contribution < 1.29 is 23.1 Å². The number of carboxylic acid groups (broad SMARTS) is 1. The van der Waals surface area contributed by atoms with Crippen molar-refractivity contribution in [3.8, 4) is 0 Å². The Morgan fingerprint density at radius 3 is 2.79 bits per heavy atom. The van der Waals surface area contributed by atoms with E-state index in [2.05, 4.69) is 10.1 Å². The Bertz CT molecular complexity index is 744. The van der Waals surface area contributed by atoms with Gasteiger partial charge in [0, 0.05) is 25.5 Å². The Balaban J connectivity index is 1.83. The van der Waals surface area contributed by atoms with Gasteiger partial charge in [0.15, 0.2) is 5.69 Å². The number of rotatable bonds is 3. The maximum atomic E-state index is 12.7. The van der Waals surface area contributed by atoms with E-state index in [9.17, 15) is 23.1 Å². The molecule has 0 aliphatic carbocycles. The normalized spacial score (nSPS) is 18.6. The fraction of sp³-hybridized carbons (Fsp3) is 0.400. The van der Waals surface area contributed by atoms with Gasteiger partial charge >= 0.3 is 12.1 Å². The molecule has 1 saturated heterocycles. The average Bonchev–Trinajstić information content (AvgIpc) is 3.05. The van der Waals surface area contributed by atoms with Crippen LogP contribution >= 0.6 is 0 Å². The van der Waals surface area contributed by atoms with E-state index in [-0.39, 0.29) is 11.6 Å². The van der Waals surface area contributed by atoms with Gasteiger partial charge < -0.3 is 10.0 Å². The molecular weight excluding hydrogens is 325 g/mol. The summed E-state index contributed by atoms with van der Waals surface area (Å²) < 4.78 is 39.4. The first kappa shape index (κ1) is 16.3. The summed E-state index contributed by atoms with van der Waals surface area (Å²) in [5.74, 6) is -0.753. The molecule has 6 nitrogen and oxygen atoms in total. The summed E-state index contributed by atoms with van der Waals surface area (Å²) in [4.78, 5) is 17.2. The molecule has 1 unspecified atom stereocenters. The summed E-state index contributed by atoms with van der Waals surface area (Å²) in [6.45, 7) is 0.956. The van der Waals surface area contributed by atoms with Crippen molar-refractivity contribution in [1.82, 2.24) is 14.8 Å². The van der Waals surface area contributed by atoms with Gasteiger partial charge in [-0.25, -0.2) is 9.78 Å². The summed E-state index contributed by atoms with van der Waals surface area (Å²) in [5.41, 5.74) is -0.849. The molecule has 0 amide bonds. The van der Waals surface area contributed by atoms with E-state index < -0.39 is 17.8 Å². The van der Waals surface area contributed by atoms with Crippen LogP contribution in [0.1, 0.15) is 34.9 Å². The molecule has 3 rings (SSSR count). The van der Waals surface area contributed by atoms with Crippen molar-refractivity contribution >= 4 is 11.8 Å². The molecule has 1 aliphatic rings. The Hall–Kier alpha value is -2.58. The number of hydrogen-bond donors (Lipinski definition) is 1. The van der Waals surface area contributed by atoms with E-state index in [0.29, 0.717) is 31.7 Å². The first-order valence-corrected chi connectivity index (χ1v) is 7.42. The summed E-state index contributed by atoms with van der Waals surface area (Å²) in [6, 6.07) is 3.68. The number of anilines is 1. The second-order valence-electron chi connectivity index (χ2n) is 5.60. The third-order valence-electron chi connectivity index (χ3n) is 3.99. The topological polar surface area (TPSA) is 71.2 Å². The number of aromatic nitrogens is 3. The van der Waals surface area contributed by atoms with E-state index in [4.69, 9.17) is 0 Å². The number of carboxylic acids is 1. The Morgan fingerprint density at radius 1 is 1.33 bits per heavy atom. The Morgan fingerprint density at radius 2 is 2.12 bits per heavy atom. The van der Waals surface area contributed by atoms with Gasteiger partial charge in [-0.1, -0.05) is 0 Å². The molecule has 128 valence electrons. The number of hydrogen-bond acceptors (Lipinski definition) is 4. The maximum Gasteiger partial charge on any atom is 0.435 e. The van der Waals surface area contributed by atoms with Gasteiger partial charge in [-0.3, -0.25) is 4.68 Å². The molecular formula is C15H15F3N4O2. The van der Waals surface area contributed by atoms with Crippen LogP contribution in [0.4, 0.5) is 19.0 Å². The molecule has 1 fully saturated rings. The molecule has 0 saturated carbocycles. The van der Waals surface area contributed by atoms with E-state index >= 15 is 0 Å². The predicted molar refractivity (Wildman–Crippen MR) is 78.9 cm³/mol. The highest BCUT2D eigenvalue weighted by molar-refractivity contribution is 5.93. The Kier molecular flexibility index (Phi) is 4.16. The lowest BCUT2D eigenvalue weighted by Crippen LogP contribution is -2.38. The lowest BCUT2D eigenvalue weighted by atomic mass is 10.1. The number of carbonyl (C=O) groups is 1. The van der Waals surface area contributed by atoms with Crippen molar-refractivity contribution in [3.63, 3.8) is 0 Å². The standard InChI is InChI=1S/C15H15F3N4O2/c16-15(17,18)12-5-8-22(20-12)10-3-2-7-21(9-10)13-11(14(23)24)4-1-6-19-13/h1,4-6,8,10H,2-3,7,9H2,(H,23,24). The zero-order chi connectivity index (χ0) is 17.3. The van der Waals surface area contributed by atoms with Crippen molar-refractivity contribution in [2.24, 2.45) is 0 Å². The summed E-state index contributed by atoms with van der Waals surface area (Å²) >= 11 is 0. The van der Waals surface area contributed by atoms with Crippen LogP contribution in [0.25, 0.3) is 0 Å². The second-order valence-corrected chi connectivity index (χ2v) is 5.60. The first-order valence-electron chi connectivity index (χ1n) is 7.42. The minimum Gasteiger partial charge on any atom is -0.478 e. The smallest absolute Gasteiger partial charge is 0.435 e. The number of alkyl halides is 3. The van der Waals surface area contributed by atoms with E-state index in [0.717, 1.165) is 6.07 Å². The van der Waals surface area contributed by atoms with Crippen molar-refractivity contribution in [3.05, 3.63) is 41.9 Å². The summed E-state index contributed by atoms with van der Waals surface area (Å²) in [6.07, 6.45) is -0.280. The molecule has 2 aromatic heterocycles. The van der Waals surface area contributed by atoms with Crippen molar-refractivity contribution in [2.75, 3.05) is 18.0 Å². The largest absolute Gasteiger partial charge is 0.478 e. The molecule has 1 aliphatic heterocycles. The van der Waals surface area contributed by atoms with Crippen molar-refractivity contribution in [2.45, 2.75) is 25.1 Å². The zero-order valence-corrected chi connectivity index (χ0v) is 12.6. The van der Waals surface area contributed by atoms with Gasteiger partial charge in [-0.05, 0) is 31.0 Å². The van der Waals surface area contributed by atoms with E-state index in [1.54, 1.807) is 4.90 Å². The van der Waals surface area contributed by atoms with Crippen LogP contribution in [-0.2, 0) is 6.18 Å². The van der Waals surface area contributed by atoms with E-state index in [1.165, 1.54) is 29.2 Å². The molecule has 1 atom stereocenters. The number of halogens is 3. The van der Waals surface area contributed by atoms with Crippen LogP contribution in [0.15, 0.2) is 30.6 Å². The molecule has 3 heterocycles. The summed E-state index contributed by atoms with van der Waals surface area (Å²) in [7, 11) is 0. The number of pyridine rings is 1. The molecule has 0 radical (unpaired) electrons. The third-order valence-corrected chi connectivity index (χ3v) is 3.99. The van der Waals surface area contributed by atoms with Crippen LogP contribution in [0.3, 0.4) is 0 Å². The quantitative estimate of drug-likeness (QED) is 0.930. The lowest BCUT2D eigenvalue weighted by Gasteiger charge is -2.34. The SMILES string of the molecule is O=C(O)c1cccnc1N1CCCC(n2ccc(C(F)(F)F)n2)C1. The fourth-order valence-corrected chi connectivity index (χ4v) is 2.87. The van der Waals surface area contributed by atoms with Crippen LogP contribution in [0.5, 0.6) is 0 Å². The second kappa shape index (κ2) is 6.14. The van der Waals surface area contributed by atoms with E-state index in [1.807, 2.05) is 0 Å². The minimum atomic E-state index is -4.48. The highest BCUT2D eigenvalue weighted by atomic mass is 19.4. The Labute approximate surface area is 135 Å². The number of aromatic carboxylic acids is 1. The zero-order valence-electron chi connectivity index (χ0n) is 12.6. The molecule has 1 N–H and O–H groups in total. The molecule has 0 aromatic carbocycles. The molecule has 24 heavy (non-hydrogen) atoms. The molecule has 9 heteroatoms. The van der Waals surface area contributed by atoms with Crippen LogP contribution in [-0.4, -0.2) is 38.9 Å². The monoisotopic (exact) mass is 340 g/mol. The van der Waals surface area contributed by atoms with Gasteiger partial charge in [-0.15, -0.1) is 0 Å². The van der Waals surface area contributed by atoms with Crippen molar-refractivity contribution in [1.29, 1.82) is 0 Å². The van der Waals surface area contributed by atoms with Crippen LogP contribution in [0.2, 0.25) is 0 Å². The van der Waals surface area contributed by atoms with Gasteiger partial charge in [0.2, 0.25) is 0 Å². The molecule has 2 aromatic rings. The minimum absolute atomic E-state index is 0.0783. The van der Waals surface area contributed by atoms with Gasteiger partial charge in [0.25, 0.3) is 0 Å². The fourth-order valence-electron chi connectivity index (χ4n) is 2.87. The van der Waals surface area contributed by atoms with Crippen LogP contribution < -0.4 is 4.90 Å². The number of piperidine rings is 1. The van der Waals surface area contributed by atoms with Gasteiger partial charge in [0.1, 0.15) is 11.4 Å². The van der Waals surface area contributed by atoms with Crippen LogP contribution in [0, 0.1) is 0 Å². The molecule has 0 spiro atoms. The first-order chi connectivity index (χ1) is 11.4. The molecule has 0 bridgehead atoms. The third kappa shape index (κ3) is 3.19. The number of nitrogens with zero attached hydrogens (tertiary/aromatic N) is 4.